The standard InChI is InChI=1S/C23H16BrF3N4O3/c1-34-11-13-10-19(30-17-6-4-12(24)9-15(17)22(32)33)14-5-7-18(31-21(14)29-13)20-16(23(25,26)27)3-2-8-28-20/h2-10H,11H2,1H3,(H,32,33)(H,29,30,31). The molecule has 0 spiro atoms. The molecule has 1 aromatic carbocycles. The Kier molecular flexibility index (Phi) is 6.49. The van der Waals surface area contributed by atoms with E-state index in [1.807, 2.05) is 0 Å². The van der Waals surface area contributed by atoms with E-state index < -0.39 is 17.7 Å². The minimum Gasteiger partial charge on any atom is -0.478 e. The van der Waals surface area contributed by atoms with E-state index in [2.05, 4.69) is 36.2 Å². The minimum atomic E-state index is -4.60. The van der Waals surface area contributed by atoms with Crippen LogP contribution in [0.15, 0.2) is 59.2 Å². The van der Waals surface area contributed by atoms with Gasteiger partial charge in [0, 0.05) is 23.2 Å². The van der Waals surface area contributed by atoms with Crippen LogP contribution in [0.5, 0.6) is 0 Å². The number of nitrogens with zero attached hydrogens (tertiary/aromatic N) is 3. The molecule has 0 atom stereocenters. The summed E-state index contributed by atoms with van der Waals surface area (Å²) in [6.07, 6.45) is -3.34. The minimum absolute atomic E-state index is 0.00306. The van der Waals surface area contributed by atoms with Crippen LogP contribution in [0.25, 0.3) is 22.4 Å². The largest absolute Gasteiger partial charge is 0.478 e. The Hall–Kier alpha value is -3.57. The fraction of sp³-hybridized carbons (Fsp3) is 0.130. The molecule has 0 fully saturated rings. The highest BCUT2D eigenvalue weighted by molar-refractivity contribution is 9.10. The van der Waals surface area contributed by atoms with Crippen LogP contribution in [-0.2, 0) is 17.5 Å². The van der Waals surface area contributed by atoms with E-state index in [4.69, 9.17) is 4.74 Å². The summed E-state index contributed by atoms with van der Waals surface area (Å²) in [5.41, 5.74) is 0.206. The lowest BCUT2D eigenvalue weighted by atomic mass is 10.1. The van der Waals surface area contributed by atoms with Crippen LogP contribution in [0.2, 0.25) is 0 Å². The quantitative estimate of drug-likeness (QED) is 0.311. The summed E-state index contributed by atoms with van der Waals surface area (Å²) in [5, 5.41) is 13.1. The Morgan fingerprint density at radius 1 is 1.12 bits per heavy atom. The first kappa shape index (κ1) is 23.6. The molecule has 0 aliphatic carbocycles. The molecular formula is C23H16BrF3N4O3. The summed E-state index contributed by atoms with van der Waals surface area (Å²) in [6.45, 7) is 0.111. The van der Waals surface area contributed by atoms with Gasteiger partial charge in [0.05, 0.1) is 40.5 Å². The monoisotopic (exact) mass is 532 g/mol. The average Bonchev–Trinajstić information content (AvgIpc) is 2.79. The lowest BCUT2D eigenvalue weighted by Crippen LogP contribution is -2.09. The molecule has 3 heterocycles. The number of hydrogen-bond acceptors (Lipinski definition) is 6. The number of hydrogen-bond donors (Lipinski definition) is 2. The molecule has 3 aromatic heterocycles. The zero-order valence-electron chi connectivity index (χ0n) is 17.5. The van der Waals surface area contributed by atoms with Gasteiger partial charge in [0.2, 0.25) is 0 Å². The molecule has 4 rings (SSSR count). The second kappa shape index (κ2) is 9.35. The first-order valence-corrected chi connectivity index (χ1v) is 10.6. The number of carboxylic acids is 1. The van der Waals surface area contributed by atoms with E-state index in [1.54, 1.807) is 24.3 Å². The molecule has 34 heavy (non-hydrogen) atoms. The van der Waals surface area contributed by atoms with Gasteiger partial charge < -0.3 is 15.2 Å². The average molecular weight is 533 g/mol. The molecule has 0 saturated heterocycles. The first-order chi connectivity index (χ1) is 16.2. The maximum Gasteiger partial charge on any atom is 0.418 e. The second-order valence-corrected chi connectivity index (χ2v) is 8.09. The van der Waals surface area contributed by atoms with E-state index in [1.165, 1.54) is 31.5 Å². The number of fused-ring (bicyclic) bond motifs is 1. The molecule has 174 valence electrons. The van der Waals surface area contributed by atoms with Crippen LogP contribution >= 0.6 is 15.9 Å². The van der Waals surface area contributed by atoms with Crippen molar-refractivity contribution in [2.75, 3.05) is 12.4 Å². The van der Waals surface area contributed by atoms with Crippen LogP contribution in [0.1, 0.15) is 21.6 Å². The lowest BCUT2D eigenvalue weighted by molar-refractivity contribution is -0.137. The van der Waals surface area contributed by atoms with Gasteiger partial charge in [-0.2, -0.15) is 13.2 Å². The topological polar surface area (TPSA) is 97.2 Å². The Labute approximate surface area is 199 Å². The predicted molar refractivity (Wildman–Crippen MR) is 123 cm³/mol. The van der Waals surface area contributed by atoms with Gasteiger partial charge in [-0.3, -0.25) is 4.98 Å². The number of aromatic nitrogens is 3. The third-order valence-electron chi connectivity index (χ3n) is 4.86. The SMILES string of the molecule is COCc1cc(Nc2ccc(Br)cc2C(=O)O)c2ccc(-c3ncccc3C(F)(F)F)nc2n1. The molecule has 4 aromatic rings. The molecule has 0 saturated carbocycles. The number of aromatic carboxylic acids is 1. The number of carboxylic acid groups (broad SMARTS) is 1. The summed E-state index contributed by atoms with van der Waals surface area (Å²) in [7, 11) is 1.48. The van der Waals surface area contributed by atoms with Crippen LogP contribution in [0.3, 0.4) is 0 Å². The Morgan fingerprint density at radius 3 is 2.62 bits per heavy atom. The molecule has 0 aliphatic heterocycles. The van der Waals surface area contributed by atoms with Gasteiger partial charge in [0.1, 0.15) is 5.69 Å². The van der Waals surface area contributed by atoms with Gasteiger partial charge in [0.25, 0.3) is 0 Å². The summed E-state index contributed by atoms with van der Waals surface area (Å²) in [4.78, 5) is 24.3. The van der Waals surface area contributed by atoms with Crippen LogP contribution in [0, 0.1) is 0 Å². The van der Waals surface area contributed by atoms with Crippen molar-refractivity contribution in [3.05, 3.63) is 76.0 Å². The highest BCUT2D eigenvalue weighted by Crippen LogP contribution is 2.36. The highest BCUT2D eigenvalue weighted by atomic mass is 79.9. The van der Waals surface area contributed by atoms with Crippen LogP contribution < -0.4 is 5.32 Å². The van der Waals surface area contributed by atoms with Crippen molar-refractivity contribution in [2.45, 2.75) is 12.8 Å². The van der Waals surface area contributed by atoms with Crippen molar-refractivity contribution >= 4 is 44.3 Å². The Bertz CT molecular complexity index is 1400. The molecule has 0 bridgehead atoms. The fourth-order valence-electron chi connectivity index (χ4n) is 3.40. The maximum atomic E-state index is 13.5. The zero-order valence-corrected chi connectivity index (χ0v) is 19.1. The molecule has 0 aliphatic rings. The lowest BCUT2D eigenvalue weighted by Gasteiger charge is -2.15. The fourth-order valence-corrected chi connectivity index (χ4v) is 3.76. The molecule has 0 amide bonds. The number of carbonyl (C=O) groups is 1. The van der Waals surface area contributed by atoms with E-state index in [0.29, 0.717) is 26.9 Å². The Morgan fingerprint density at radius 2 is 1.91 bits per heavy atom. The molecule has 0 unspecified atom stereocenters. The second-order valence-electron chi connectivity index (χ2n) is 7.18. The zero-order chi connectivity index (χ0) is 24.5. The van der Waals surface area contributed by atoms with E-state index in [-0.39, 0.29) is 29.2 Å². The van der Waals surface area contributed by atoms with Crippen molar-refractivity contribution in [2.24, 2.45) is 0 Å². The van der Waals surface area contributed by atoms with Crippen LogP contribution in [0.4, 0.5) is 24.5 Å². The predicted octanol–water partition coefficient (Wildman–Crippen LogP) is 6.06. The first-order valence-electron chi connectivity index (χ1n) is 9.79. The number of methoxy groups -OCH3 is 1. The van der Waals surface area contributed by atoms with E-state index in [9.17, 15) is 23.1 Å². The molecule has 7 nitrogen and oxygen atoms in total. The van der Waals surface area contributed by atoms with Gasteiger partial charge in [0.15, 0.2) is 5.65 Å². The number of ether oxygens (including phenoxy) is 1. The number of nitrogens with one attached hydrogen (secondary N) is 1. The van der Waals surface area contributed by atoms with E-state index in [0.717, 1.165) is 6.07 Å². The highest BCUT2D eigenvalue weighted by Gasteiger charge is 2.34. The summed E-state index contributed by atoms with van der Waals surface area (Å²) >= 11 is 3.26. The van der Waals surface area contributed by atoms with Crippen molar-refractivity contribution < 1.29 is 27.8 Å². The van der Waals surface area contributed by atoms with Crippen molar-refractivity contribution in [1.29, 1.82) is 0 Å². The number of anilines is 2. The number of benzene rings is 1. The van der Waals surface area contributed by atoms with Gasteiger partial charge in [-0.1, -0.05) is 15.9 Å². The summed E-state index contributed by atoms with van der Waals surface area (Å²) in [5.74, 6) is -1.13. The van der Waals surface area contributed by atoms with Crippen molar-refractivity contribution in [3.63, 3.8) is 0 Å². The normalized spacial score (nSPS) is 11.6. The number of halogens is 4. The van der Waals surface area contributed by atoms with Crippen molar-refractivity contribution in [3.8, 4) is 11.4 Å². The smallest absolute Gasteiger partial charge is 0.418 e. The number of rotatable bonds is 6. The van der Waals surface area contributed by atoms with Crippen LogP contribution in [-0.4, -0.2) is 33.1 Å². The van der Waals surface area contributed by atoms with Gasteiger partial charge in [-0.15, -0.1) is 0 Å². The van der Waals surface area contributed by atoms with Crippen molar-refractivity contribution in [1.82, 2.24) is 15.0 Å². The third kappa shape index (κ3) is 4.85. The summed E-state index contributed by atoms with van der Waals surface area (Å²) < 4.78 is 46.2. The van der Waals surface area contributed by atoms with E-state index >= 15 is 0 Å². The number of alkyl halides is 3. The van der Waals surface area contributed by atoms with Gasteiger partial charge >= 0.3 is 12.1 Å². The summed E-state index contributed by atoms with van der Waals surface area (Å²) in [6, 6.07) is 11.5. The molecule has 11 heteroatoms. The van der Waals surface area contributed by atoms with Gasteiger partial charge in [-0.05, 0) is 48.5 Å². The number of pyridine rings is 3. The molecule has 0 radical (unpaired) electrons. The molecular weight excluding hydrogens is 517 g/mol. The van der Waals surface area contributed by atoms with Gasteiger partial charge in [-0.25, -0.2) is 14.8 Å². The Balaban J connectivity index is 1.87. The molecule has 2 N–H and O–H groups in total. The third-order valence-corrected chi connectivity index (χ3v) is 5.35. The maximum absolute atomic E-state index is 13.5.